The van der Waals surface area contributed by atoms with Crippen LogP contribution in [0.2, 0.25) is 0 Å². The predicted molar refractivity (Wildman–Crippen MR) is 99.6 cm³/mol. The molecule has 0 saturated carbocycles. The van der Waals surface area contributed by atoms with Gasteiger partial charge in [-0.25, -0.2) is 4.79 Å². The first-order valence-corrected chi connectivity index (χ1v) is 8.36. The highest BCUT2D eigenvalue weighted by atomic mass is 16.5. The van der Waals surface area contributed by atoms with Gasteiger partial charge in [0.15, 0.2) is 0 Å². The molecule has 1 saturated heterocycles. The van der Waals surface area contributed by atoms with E-state index in [1.54, 1.807) is 24.4 Å². The standard InChI is InChI=1S/C20H22N2O3/c1-14-3-4-16(20(23)24)12-19(14)21-13-17-5-6-18(11-15(17)2)22-7-9-25-10-8-22/h3-6,11-13H,7-10H2,1-2H3,(H,23,24). The molecule has 0 aromatic heterocycles. The van der Waals surface area contributed by atoms with Gasteiger partial charge in [0.25, 0.3) is 0 Å². The van der Waals surface area contributed by atoms with E-state index in [2.05, 4.69) is 35.0 Å². The van der Waals surface area contributed by atoms with E-state index in [0.717, 1.165) is 43.0 Å². The van der Waals surface area contributed by atoms with Gasteiger partial charge in [-0.15, -0.1) is 0 Å². The number of aryl methyl sites for hydroxylation is 2. The molecule has 0 unspecified atom stereocenters. The number of benzene rings is 2. The van der Waals surface area contributed by atoms with Gasteiger partial charge in [-0.05, 0) is 54.8 Å². The molecule has 1 aliphatic heterocycles. The molecular formula is C20H22N2O3. The average Bonchev–Trinajstić information content (AvgIpc) is 2.62. The molecule has 0 radical (unpaired) electrons. The lowest BCUT2D eigenvalue weighted by atomic mass is 10.1. The van der Waals surface area contributed by atoms with E-state index in [-0.39, 0.29) is 5.56 Å². The topological polar surface area (TPSA) is 62.1 Å². The fraction of sp³-hybridized carbons (Fsp3) is 0.300. The molecule has 3 rings (SSSR count). The van der Waals surface area contributed by atoms with E-state index < -0.39 is 5.97 Å². The van der Waals surface area contributed by atoms with Crippen molar-refractivity contribution in [3.63, 3.8) is 0 Å². The number of morpholine rings is 1. The van der Waals surface area contributed by atoms with Gasteiger partial charge in [0.1, 0.15) is 0 Å². The Kier molecular flexibility index (Phi) is 5.14. The summed E-state index contributed by atoms with van der Waals surface area (Å²) in [7, 11) is 0. The predicted octanol–water partition coefficient (Wildman–Crippen LogP) is 3.59. The summed E-state index contributed by atoms with van der Waals surface area (Å²) < 4.78 is 5.40. The van der Waals surface area contributed by atoms with E-state index in [4.69, 9.17) is 9.84 Å². The second-order valence-corrected chi connectivity index (χ2v) is 6.20. The maximum atomic E-state index is 11.1. The molecule has 1 aliphatic rings. The number of aliphatic imine (C=N–C) groups is 1. The van der Waals surface area contributed by atoms with E-state index in [1.165, 1.54) is 5.69 Å². The highest BCUT2D eigenvalue weighted by molar-refractivity contribution is 5.90. The number of carboxylic acids is 1. The summed E-state index contributed by atoms with van der Waals surface area (Å²) in [6.07, 6.45) is 1.80. The fourth-order valence-corrected chi connectivity index (χ4v) is 2.84. The van der Waals surface area contributed by atoms with Gasteiger partial charge in [0, 0.05) is 25.0 Å². The zero-order valence-electron chi connectivity index (χ0n) is 14.5. The second kappa shape index (κ2) is 7.49. The first kappa shape index (κ1) is 17.2. The number of rotatable bonds is 4. The molecule has 130 valence electrons. The van der Waals surface area contributed by atoms with Gasteiger partial charge >= 0.3 is 5.97 Å². The number of nitrogens with zero attached hydrogens (tertiary/aromatic N) is 2. The third-order valence-corrected chi connectivity index (χ3v) is 4.43. The Bertz CT molecular complexity index is 809. The Hall–Kier alpha value is -2.66. The largest absolute Gasteiger partial charge is 0.478 e. The molecule has 0 amide bonds. The van der Waals surface area contributed by atoms with Crippen molar-refractivity contribution in [1.29, 1.82) is 0 Å². The lowest BCUT2D eigenvalue weighted by Crippen LogP contribution is -2.36. The zero-order chi connectivity index (χ0) is 17.8. The third kappa shape index (κ3) is 4.06. The molecule has 1 N–H and O–H groups in total. The Morgan fingerprint density at radius 2 is 1.88 bits per heavy atom. The van der Waals surface area contributed by atoms with E-state index >= 15 is 0 Å². The first-order chi connectivity index (χ1) is 12.0. The van der Waals surface area contributed by atoms with Crippen LogP contribution in [0.4, 0.5) is 11.4 Å². The molecule has 5 nitrogen and oxygen atoms in total. The van der Waals surface area contributed by atoms with Crippen molar-refractivity contribution >= 4 is 23.6 Å². The van der Waals surface area contributed by atoms with Gasteiger partial charge in [0.2, 0.25) is 0 Å². The lowest BCUT2D eigenvalue weighted by molar-refractivity contribution is 0.0697. The van der Waals surface area contributed by atoms with Crippen LogP contribution in [-0.4, -0.2) is 43.6 Å². The summed E-state index contributed by atoms with van der Waals surface area (Å²) in [4.78, 5) is 17.9. The highest BCUT2D eigenvalue weighted by Gasteiger charge is 2.12. The molecule has 1 heterocycles. The van der Waals surface area contributed by atoms with Crippen LogP contribution >= 0.6 is 0 Å². The van der Waals surface area contributed by atoms with E-state index in [9.17, 15) is 4.79 Å². The van der Waals surface area contributed by atoms with Gasteiger partial charge in [0.05, 0.1) is 24.5 Å². The molecule has 0 atom stereocenters. The summed E-state index contributed by atoms with van der Waals surface area (Å²) in [6, 6.07) is 11.3. The monoisotopic (exact) mass is 338 g/mol. The summed E-state index contributed by atoms with van der Waals surface area (Å²) in [6.45, 7) is 7.34. The number of carbonyl (C=O) groups is 1. The number of aromatic carboxylic acids is 1. The molecule has 2 aromatic carbocycles. The SMILES string of the molecule is Cc1cc(N2CCOCC2)ccc1C=Nc1cc(C(=O)O)ccc1C. The van der Waals surface area contributed by atoms with Crippen LogP contribution < -0.4 is 4.90 Å². The molecule has 0 spiro atoms. The summed E-state index contributed by atoms with van der Waals surface area (Å²) in [5, 5.41) is 9.12. The quantitative estimate of drug-likeness (QED) is 0.866. The van der Waals surface area contributed by atoms with Gasteiger partial charge in [-0.3, -0.25) is 4.99 Å². The molecule has 0 bridgehead atoms. The van der Waals surface area contributed by atoms with Crippen molar-refractivity contribution in [2.45, 2.75) is 13.8 Å². The number of carboxylic acid groups (broad SMARTS) is 1. The number of hydrogen-bond acceptors (Lipinski definition) is 4. The molecule has 1 fully saturated rings. The minimum atomic E-state index is -0.942. The van der Waals surface area contributed by atoms with Gasteiger partial charge < -0.3 is 14.7 Å². The Labute approximate surface area is 147 Å². The molecule has 5 heteroatoms. The van der Waals surface area contributed by atoms with Crippen LogP contribution in [-0.2, 0) is 4.74 Å². The summed E-state index contributed by atoms with van der Waals surface area (Å²) in [5.41, 5.74) is 5.23. The summed E-state index contributed by atoms with van der Waals surface area (Å²) >= 11 is 0. The third-order valence-electron chi connectivity index (χ3n) is 4.43. The maximum Gasteiger partial charge on any atom is 0.335 e. The van der Waals surface area contributed by atoms with Crippen LogP contribution in [0.3, 0.4) is 0 Å². The van der Waals surface area contributed by atoms with Crippen molar-refractivity contribution < 1.29 is 14.6 Å². The Morgan fingerprint density at radius 1 is 1.12 bits per heavy atom. The number of ether oxygens (including phenoxy) is 1. The van der Waals surface area contributed by atoms with Crippen LogP contribution in [0, 0.1) is 13.8 Å². The summed E-state index contributed by atoms with van der Waals surface area (Å²) in [5.74, 6) is -0.942. The second-order valence-electron chi connectivity index (χ2n) is 6.20. The fourth-order valence-electron chi connectivity index (χ4n) is 2.84. The highest BCUT2D eigenvalue weighted by Crippen LogP contribution is 2.22. The van der Waals surface area contributed by atoms with Crippen molar-refractivity contribution in [3.8, 4) is 0 Å². The molecule has 25 heavy (non-hydrogen) atoms. The van der Waals surface area contributed by atoms with Crippen molar-refractivity contribution in [2.24, 2.45) is 4.99 Å². The normalized spacial score (nSPS) is 14.9. The smallest absolute Gasteiger partial charge is 0.335 e. The minimum Gasteiger partial charge on any atom is -0.478 e. The molecule has 2 aromatic rings. The van der Waals surface area contributed by atoms with Crippen molar-refractivity contribution in [1.82, 2.24) is 0 Å². The van der Waals surface area contributed by atoms with Crippen LogP contribution in [0.5, 0.6) is 0 Å². The van der Waals surface area contributed by atoms with Crippen LogP contribution in [0.15, 0.2) is 41.4 Å². The van der Waals surface area contributed by atoms with Crippen molar-refractivity contribution in [2.75, 3.05) is 31.2 Å². The van der Waals surface area contributed by atoms with E-state index in [1.807, 2.05) is 6.92 Å². The van der Waals surface area contributed by atoms with Gasteiger partial charge in [-0.2, -0.15) is 0 Å². The zero-order valence-corrected chi connectivity index (χ0v) is 14.5. The Morgan fingerprint density at radius 3 is 2.56 bits per heavy atom. The van der Waals surface area contributed by atoms with Crippen LogP contribution in [0.25, 0.3) is 0 Å². The molecule has 0 aliphatic carbocycles. The number of hydrogen-bond donors (Lipinski definition) is 1. The minimum absolute atomic E-state index is 0.247. The van der Waals surface area contributed by atoms with Gasteiger partial charge in [-0.1, -0.05) is 12.1 Å². The average molecular weight is 338 g/mol. The van der Waals surface area contributed by atoms with Crippen LogP contribution in [0.1, 0.15) is 27.0 Å². The number of anilines is 1. The Balaban J connectivity index is 1.82. The first-order valence-electron chi connectivity index (χ1n) is 8.36. The molecular weight excluding hydrogens is 316 g/mol. The lowest BCUT2D eigenvalue weighted by Gasteiger charge is -2.29. The maximum absolute atomic E-state index is 11.1. The van der Waals surface area contributed by atoms with Crippen molar-refractivity contribution in [3.05, 3.63) is 58.7 Å². The van der Waals surface area contributed by atoms with E-state index in [0.29, 0.717) is 5.69 Å².